The van der Waals surface area contributed by atoms with Crippen molar-refractivity contribution in [2.45, 2.75) is 13.5 Å². The van der Waals surface area contributed by atoms with Crippen molar-refractivity contribution in [3.05, 3.63) is 63.7 Å². The van der Waals surface area contributed by atoms with Gasteiger partial charge in [-0.3, -0.25) is 10.1 Å². The van der Waals surface area contributed by atoms with Crippen LogP contribution >= 0.6 is 0 Å². The first-order valence-electron chi connectivity index (χ1n) is 6.54. The summed E-state index contributed by atoms with van der Waals surface area (Å²) >= 11 is 0. The Morgan fingerprint density at radius 3 is 2.64 bits per heavy atom. The third kappa shape index (κ3) is 3.72. The predicted molar refractivity (Wildman–Crippen MR) is 81.8 cm³/mol. The molecule has 114 valence electrons. The maximum Gasteiger partial charge on any atom is 0.319 e. The number of hydrogen-bond donors (Lipinski definition) is 3. The minimum atomic E-state index is -0.623. The molecule has 0 bridgehead atoms. The van der Waals surface area contributed by atoms with E-state index in [1.165, 1.54) is 12.1 Å². The molecule has 0 saturated heterocycles. The number of rotatable bonds is 4. The first-order chi connectivity index (χ1) is 10.5. The number of anilines is 1. The molecule has 2 aromatic rings. The quantitative estimate of drug-likeness (QED) is 0.458. The van der Waals surface area contributed by atoms with Crippen LogP contribution in [0.25, 0.3) is 0 Å². The van der Waals surface area contributed by atoms with E-state index in [9.17, 15) is 20.0 Å². The first-order valence-corrected chi connectivity index (χ1v) is 6.54. The number of aromatic hydroxyl groups is 1. The largest absolute Gasteiger partial charge is 0.506 e. The van der Waals surface area contributed by atoms with Gasteiger partial charge >= 0.3 is 6.03 Å². The van der Waals surface area contributed by atoms with Crippen LogP contribution in [0.4, 0.5) is 16.2 Å². The third-order valence-corrected chi connectivity index (χ3v) is 3.14. The second-order valence-electron chi connectivity index (χ2n) is 4.69. The Kier molecular flexibility index (Phi) is 4.57. The van der Waals surface area contributed by atoms with E-state index in [0.29, 0.717) is 6.54 Å². The first kappa shape index (κ1) is 15.3. The van der Waals surface area contributed by atoms with Gasteiger partial charge in [0.1, 0.15) is 5.75 Å². The van der Waals surface area contributed by atoms with Crippen LogP contribution in [-0.2, 0) is 6.54 Å². The number of nitro benzene ring substituents is 1. The van der Waals surface area contributed by atoms with E-state index < -0.39 is 11.0 Å². The molecule has 0 aliphatic heterocycles. The number of non-ortho nitro benzene ring substituents is 1. The van der Waals surface area contributed by atoms with Gasteiger partial charge in [0, 0.05) is 12.6 Å². The normalized spacial score (nSPS) is 10.0. The zero-order valence-corrected chi connectivity index (χ0v) is 11.9. The van der Waals surface area contributed by atoms with Crippen LogP contribution in [0, 0.1) is 17.0 Å². The molecule has 0 aromatic heterocycles. The Hall–Kier alpha value is -3.09. The molecule has 0 saturated carbocycles. The number of benzene rings is 2. The van der Waals surface area contributed by atoms with Crippen LogP contribution in [0.3, 0.4) is 0 Å². The lowest BCUT2D eigenvalue weighted by Crippen LogP contribution is -2.28. The van der Waals surface area contributed by atoms with E-state index in [2.05, 4.69) is 10.6 Å². The number of carbonyl (C=O) groups is 1. The minimum Gasteiger partial charge on any atom is -0.506 e. The highest BCUT2D eigenvalue weighted by atomic mass is 16.6. The summed E-state index contributed by atoms with van der Waals surface area (Å²) in [5.74, 6) is -0.361. The molecule has 0 atom stereocenters. The number of urea groups is 1. The number of carbonyl (C=O) groups excluding carboxylic acids is 1. The van der Waals surface area contributed by atoms with Crippen molar-refractivity contribution in [2.75, 3.05) is 5.32 Å². The zero-order chi connectivity index (χ0) is 16.1. The second kappa shape index (κ2) is 6.57. The molecule has 7 heteroatoms. The smallest absolute Gasteiger partial charge is 0.319 e. The van der Waals surface area contributed by atoms with Gasteiger partial charge < -0.3 is 15.7 Å². The number of phenols is 1. The van der Waals surface area contributed by atoms with Gasteiger partial charge in [0.25, 0.3) is 5.69 Å². The summed E-state index contributed by atoms with van der Waals surface area (Å²) < 4.78 is 0. The van der Waals surface area contributed by atoms with E-state index in [1.54, 1.807) is 0 Å². The van der Waals surface area contributed by atoms with Crippen molar-refractivity contribution in [3.63, 3.8) is 0 Å². The van der Waals surface area contributed by atoms with Crippen LogP contribution in [0.5, 0.6) is 5.75 Å². The average molecular weight is 301 g/mol. The van der Waals surface area contributed by atoms with Crippen molar-refractivity contribution in [3.8, 4) is 5.75 Å². The molecule has 0 fully saturated rings. The maximum atomic E-state index is 11.8. The molecule has 0 unspecified atom stereocenters. The standard InChI is InChI=1S/C15H15N3O4/c1-10-4-2-3-5-11(10)9-16-15(20)17-13-7-6-12(18(21)22)8-14(13)19/h2-8,19H,9H2,1H3,(H2,16,17,20). The molecule has 0 aliphatic carbocycles. The lowest BCUT2D eigenvalue weighted by Gasteiger charge is -2.10. The highest BCUT2D eigenvalue weighted by molar-refractivity contribution is 5.91. The molecule has 0 radical (unpaired) electrons. The van der Waals surface area contributed by atoms with Crippen LogP contribution in [0.15, 0.2) is 42.5 Å². The monoisotopic (exact) mass is 301 g/mol. The molecule has 7 nitrogen and oxygen atoms in total. The van der Waals surface area contributed by atoms with Crippen molar-refractivity contribution in [1.29, 1.82) is 0 Å². The fourth-order valence-corrected chi connectivity index (χ4v) is 1.89. The highest BCUT2D eigenvalue weighted by Crippen LogP contribution is 2.27. The molecule has 2 aromatic carbocycles. The van der Waals surface area contributed by atoms with Gasteiger partial charge in [-0.2, -0.15) is 0 Å². The molecule has 0 aliphatic rings. The van der Waals surface area contributed by atoms with Crippen LogP contribution in [-0.4, -0.2) is 16.1 Å². The summed E-state index contributed by atoms with van der Waals surface area (Å²) in [5.41, 5.74) is 1.89. The summed E-state index contributed by atoms with van der Waals surface area (Å²) in [6, 6.07) is 10.6. The Bertz CT molecular complexity index is 716. The molecule has 22 heavy (non-hydrogen) atoms. The molecule has 2 rings (SSSR count). The number of nitro groups is 1. The van der Waals surface area contributed by atoms with Gasteiger partial charge in [-0.05, 0) is 24.1 Å². The van der Waals surface area contributed by atoms with Gasteiger partial charge in [-0.1, -0.05) is 24.3 Å². The number of nitrogens with one attached hydrogen (secondary N) is 2. The number of aryl methyl sites for hydroxylation is 1. The van der Waals surface area contributed by atoms with Crippen LogP contribution in [0.1, 0.15) is 11.1 Å². The number of amides is 2. The Morgan fingerprint density at radius 1 is 1.27 bits per heavy atom. The van der Waals surface area contributed by atoms with Crippen molar-refractivity contribution in [2.24, 2.45) is 0 Å². The second-order valence-corrected chi connectivity index (χ2v) is 4.69. The fourth-order valence-electron chi connectivity index (χ4n) is 1.89. The SMILES string of the molecule is Cc1ccccc1CNC(=O)Nc1ccc([N+](=O)[O-])cc1O. The summed E-state index contributed by atoms with van der Waals surface area (Å²) in [7, 11) is 0. The number of phenolic OH excluding ortho intramolecular Hbond substituents is 1. The summed E-state index contributed by atoms with van der Waals surface area (Å²) in [6.07, 6.45) is 0. The van der Waals surface area contributed by atoms with E-state index in [-0.39, 0.29) is 17.1 Å². The fraction of sp³-hybridized carbons (Fsp3) is 0.133. The van der Waals surface area contributed by atoms with E-state index in [1.807, 2.05) is 31.2 Å². The van der Waals surface area contributed by atoms with Gasteiger partial charge in [-0.15, -0.1) is 0 Å². The van der Waals surface area contributed by atoms with Gasteiger partial charge in [0.2, 0.25) is 0 Å². The van der Waals surface area contributed by atoms with Crippen LogP contribution < -0.4 is 10.6 Å². The molecule has 0 heterocycles. The molecular weight excluding hydrogens is 286 g/mol. The lowest BCUT2D eigenvalue weighted by atomic mass is 10.1. The summed E-state index contributed by atoms with van der Waals surface area (Å²) in [4.78, 5) is 21.8. The van der Waals surface area contributed by atoms with Crippen molar-refractivity contribution in [1.82, 2.24) is 5.32 Å². The maximum absolute atomic E-state index is 11.8. The minimum absolute atomic E-state index is 0.105. The van der Waals surface area contributed by atoms with Gasteiger partial charge in [0.15, 0.2) is 0 Å². The third-order valence-electron chi connectivity index (χ3n) is 3.14. The Balaban J connectivity index is 1.98. The Morgan fingerprint density at radius 2 is 2.00 bits per heavy atom. The zero-order valence-electron chi connectivity index (χ0n) is 11.9. The summed E-state index contributed by atoms with van der Waals surface area (Å²) in [5, 5.41) is 25.3. The van der Waals surface area contributed by atoms with E-state index in [4.69, 9.17) is 0 Å². The van der Waals surface area contributed by atoms with Crippen LogP contribution in [0.2, 0.25) is 0 Å². The summed E-state index contributed by atoms with van der Waals surface area (Å²) in [6.45, 7) is 2.28. The lowest BCUT2D eigenvalue weighted by molar-refractivity contribution is -0.384. The average Bonchev–Trinajstić information content (AvgIpc) is 2.48. The van der Waals surface area contributed by atoms with Gasteiger partial charge in [0.05, 0.1) is 16.7 Å². The number of nitrogens with zero attached hydrogens (tertiary/aromatic N) is 1. The highest BCUT2D eigenvalue weighted by Gasteiger charge is 2.12. The molecule has 3 N–H and O–H groups in total. The van der Waals surface area contributed by atoms with Crippen molar-refractivity contribution < 1.29 is 14.8 Å². The van der Waals surface area contributed by atoms with E-state index in [0.717, 1.165) is 17.2 Å². The van der Waals surface area contributed by atoms with Gasteiger partial charge in [-0.25, -0.2) is 4.79 Å². The number of hydrogen-bond acceptors (Lipinski definition) is 4. The van der Waals surface area contributed by atoms with Crippen molar-refractivity contribution >= 4 is 17.4 Å². The predicted octanol–water partition coefficient (Wildman–Crippen LogP) is 2.93. The molecule has 0 spiro atoms. The molecule has 2 amide bonds. The van der Waals surface area contributed by atoms with E-state index >= 15 is 0 Å². The molecular formula is C15H15N3O4. The Labute approximate surface area is 126 Å². The topological polar surface area (TPSA) is 104 Å².